The van der Waals surface area contributed by atoms with Crippen LogP contribution >= 0.6 is 0 Å². The SMILES string of the molecule is Cc1cnc(N[C@H]2CC[C@H](N(C(=O)O)C(C)(C)C)C2)nn1.Cc1cnc(N[C@H]2CC[C@H](Nc3ccc(B(O)O)cn3)C2)nn1. The van der Waals surface area contributed by atoms with E-state index in [9.17, 15) is 9.90 Å². The minimum atomic E-state index is -1.49. The van der Waals surface area contributed by atoms with Gasteiger partial charge in [0.1, 0.15) is 5.82 Å². The maximum absolute atomic E-state index is 11.5. The van der Waals surface area contributed by atoms with Crippen molar-refractivity contribution in [3.63, 3.8) is 0 Å². The fourth-order valence-electron chi connectivity index (χ4n) is 5.57. The van der Waals surface area contributed by atoms with Crippen LogP contribution in [-0.2, 0) is 0 Å². The van der Waals surface area contributed by atoms with Crippen molar-refractivity contribution in [2.75, 3.05) is 16.0 Å². The Bertz CT molecular complexity index is 1340. The number of pyridine rings is 1. The van der Waals surface area contributed by atoms with Crippen molar-refractivity contribution in [2.45, 2.75) is 103 Å². The molecule has 2 aliphatic carbocycles. The highest BCUT2D eigenvalue weighted by Crippen LogP contribution is 2.31. The van der Waals surface area contributed by atoms with Crippen LogP contribution in [-0.4, -0.2) is 98.3 Å². The van der Waals surface area contributed by atoms with E-state index in [1.54, 1.807) is 29.4 Å². The van der Waals surface area contributed by atoms with Crippen molar-refractivity contribution >= 4 is 36.4 Å². The lowest BCUT2D eigenvalue weighted by Gasteiger charge is -2.38. The highest BCUT2D eigenvalue weighted by atomic mass is 16.4. The van der Waals surface area contributed by atoms with Gasteiger partial charge in [-0.1, -0.05) is 6.07 Å². The van der Waals surface area contributed by atoms with Crippen LogP contribution in [0.3, 0.4) is 0 Å². The molecular weight excluding hydrogens is 565 g/mol. The normalized spacial score (nSPS) is 21.2. The van der Waals surface area contributed by atoms with Gasteiger partial charge >= 0.3 is 13.2 Å². The maximum Gasteiger partial charge on any atom is 0.490 e. The molecule has 0 aromatic carbocycles. The van der Waals surface area contributed by atoms with E-state index in [4.69, 9.17) is 10.0 Å². The number of amides is 1. The third kappa shape index (κ3) is 9.41. The molecule has 15 nitrogen and oxygen atoms in total. The number of hydrogen-bond donors (Lipinski definition) is 6. The minimum Gasteiger partial charge on any atom is -0.465 e. The monoisotopic (exact) mass is 607 g/mol. The van der Waals surface area contributed by atoms with Crippen LogP contribution in [0.5, 0.6) is 0 Å². The molecule has 2 fully saturated rings. The Hall–Kier alpha value is -4.18. The highest BCUT2D eigenvalue weighted by molar-refractivity contribution is 6.58. The number of anilines is 3. The van der Waals surface area contributed by atoms with Gasteiger partial charge in [0.05, 0.1) is 23.8 Å². The summed E-state index contributed by atoms with van der Waals surface area (Å²) in [6.07, 6.45) is 9.45. The molecule has 0 unspecified atom stereocenters. The molecule has 0 bridgehead atoms. The van der Waals surface area contributed by atoms with E-state index in [1.165, 1.54) is 6.20 Å². The van der Waals surface area contributed by atoms with E-state index >= 15 is 0 Å². The molecule has 0 aliphatic heterocycles. The second-order valence-electron chi connectivity index (χ2n) is 12.3. The Morgan fingerprint density at radius 2 is 1.34 bits per heavy atom. The lowest BCUT2D eigenvalue weighted by atomic mass is 9.82. The lowest BCUT2D eigenvalue weighted by Crippen LogP contribution is -2.50. The average molecular weight is 608 g/mol. The van der Waals surface area contributed by atoms with Gasteiger partial charge in [-0.2, -0.15) is 10.2 Å². The zero-order valence-electron chi connectivity index (χ0n) is 25.8. The average Bonchev–Trinajstić information content (AvgIpc) is 3.60. The summed E-state index contributed by atoms with van der Waals surface area (Å²) in [6.45, 7) is 9.47. The van der Waals surface area contributed by atoms with Crippen LogP contribution in [0.2, 0.25) is 0 Å². The first-order valence-corrected chi connectivity index (χ1v) is 14.8. The largest absolute Gasteiger partial charge is 0.490 e. The number of rotatable bonds is 8. The predicted molar refractivity (Wildman–Crippen MR) is 167 cm³/mol. The number of aryl methyl sites for hydroxylation is 2. The Kier molecular flexibility index (Phi) is 10.8. The first kappa shape index (κ1) is 32.7. The molecule has 0 spiro atoms. The summed E-state index contributed by atoms with van der Waals surface area (Å²) in [6, 6.07) is 4.22. The van der Waals surface area contributed by atoms with Crippen LogP contribution in [0.1, 0.15) is 70.7 Å². The first-order chi connectivity index (χ1) is 20.9. The summed E-state index contributed by atoms with van der Waals surface area (Å²) in [5, 5.41) is 53.4. The molecule has 0 saturated heterocycles. The molecule has 5 rings (SSSR count). The molecule has 236 valence electrons. The Labute approximate surface area is 257 Å². The molecule has 3 aromatic heterocycles. The molecule has 2 aliphatic rings. The fourth-order valence-corrected chi connectivity index (χ4v) is 5.57. The Morgan fingerprint density at radius 3 is 1.80 bits per heavy atom. The van der Waals surface area contributed by atoms with Gasteiger partial charge in [-0.05, 0) is 79.2 Å². The van der Waals surface area contributed by atoms with Gasteiger partial charge in [-0.25, -0.2) is 19.7 Å². The summed E-state index contributed by atoms with van der Waals surface area (Å²) in [7, 11) is -1.49. The van der Waals surface area contributed by atoms with Gasteiger partial charge in [0.2, 0.25) is 11.9 Å². The molecular formula is C28H42BN11O4. The van der Waals surface area contributed by atoms with Gasteiger partial charge in [-0.3, -0.25) is 0 Å². The number of nitrogens with zero attached hydrogens (tertiary/aromatic N) is 8. The number of hydrogen-bond acceptors (Lipinski definition) is 13. The van der Waals surface area contributed by atoms with Crippen LogP contribution in [0.4, 0.5) is 22.5 Å². The number of carbonyl (C=O) groups is 1. The number of nitrogens with one attached hydrogen (secondary N) is 3. The van der Waals surface area contributed by atoms with E-state index in [0.717, 1.165) is 55.7 Å². The summed E-state index contributed by atoms with van der Waals surface area (Å²) in [5.74, 6) is 1.79. The quantitative estimate of drug-likeness (QED) is 0.203. The van der Waals surface area contributed by atoms with Crippen molar-refractivity contribution in [3.05, 3.63) is 42.1 Å². The van der Waals surface area contributed by atoms with E-state index in [-0.39, 0.29) is 12.1 Å². The van der Waals surface area contributed by atoms with E-state index < -0.39 is 18.8 Å². The third-order valence-corrected chi connectivity index (χ3v) is 7.59. The smallest absolute Gasteiger partial charge is 0.465 e. The van der Waals surface area contributed by atoms with E-state index in [1.807, 2.05) is 34.6 Å². The van der Waals surface area contributed by atoms with Crippen LogP contribution in [0, 0.1) is 13.8 Å². The Morgan fingerprint density at radius 1 is 0.795 bits per heavy atom. The molecule has 16 heteroatoms. The van der Waals surface area contributed by atoms with Gasteiger partial charge in [-0.15, -0.1) is 10.2 Å². The predicted octanol–water partition coefficient (Wildman–Crippen LogP) is 1.99. The van der Waals surface area contributed by atoms with Crippen LogP contribution in [0.25, 0.3) is 0 Å². The summed E-state index contributed by atoms with van der Waals surface area (Å²) in [4.78, 5) is 25.7. The fraction of sp³-hybridized carbons (Fsp3) is 0.571. The second kappa shape index (κ2) is 14.5. The molecule has 4 atom stereocenters. The second-order valence-corrected chi connectivity index (χ2v) is 12.3. The summed E-state index contributed by atoms with van der Waals surface area (Å²) in [5.41, 5.74) is 1.55. The zero-order valence-corrected chi connectivity index (χ0v) is 25.8. The summed E-state index contributed by atoms with van der Waals surface area (Å²) < 4.78 is 0. The molecule has 3 aromatic rings. The van der Waals surface area contributed by atoms with Gasteiger partial charge in [0.15, 0.2) is 0 Å². The third-order valence-electron chi connectivity index (χ3n) is 7.59. The molecule has 6 N–H and O–H groups in total. The van der Waals surface area contributed by atoms with Crippen molar-refractivity contribution < 1.29 is 19.9 Å². The van der Waals surface area contributed by atoms with Crippen molar-refractivity contribution in [1.82, 2.24) is 40.2 Å². The number of aromatic nitrogens is 7. The van der Waals surface area contributed by atoms with E-state index in [0.29, 0.717) is 29.4 Å². The molecule has 3 heterocycles. The molecule has 2 saturated carbocycles. The van der Waals surface area contributed by atoms with Crippen molar-refractivity contribution in [3.8, 4) is 0 Å². The van der Waals surface area contributed by atoms with Crippen molar-refractivity contribution in [1.29, 1.82) is 0 Å². The van der Waals surface area contributed by atoms with Gasteiger partial charge in [0, 0.05) is 41.4 Å². The van der Waals surface area contributed by atoms with Crippen LogP contribution in [0.15, 0.2) is 30.7 Å². The van der Waals surface area contributed by atoms with Gasteiger partial charge < -0.3 is 36.0 Å². The van der Waals surface area contributed by atoms with Gasteiger partial charge in [0.25, 0.3) is 0 Å². The zero-order chi connectivity index (χ0) is 31.9. The topological polar surface area (TPSA) is 207 Å². The first-order valence-electron chi connectivity index (χ1n) is 14.8. The van der Waals surface area contributed by atoms with Crippen molar-refractivity contribution in [2.24, 2.45) is 0 Å². The van der Waals surface area contributed by atoms with Crippen LogP contribution < -0.4 is 21.4 Å². The standard InChI is InChI=1S/C14H19BN6O2.C14H23N5O2/c1-9-7-17-14(21-20-9)19-12-4-3-11(6-12)18-13-5-2-10(8-16-13)15(22)23;1-9-8-15-12(18-17-9)16-10-5-6-11(7-10)19(13(20)21)14(2,3)4/h2,5,7-8,11-12,22-23H,3-4,6H2,1H3,(H,16,18)(H,17,19,21);8,10-11H,5-7H2,1-4H3,(H,20,21)(H,15,16,18)/t11-,12-;10-,11-/m00/s1. The Balaban J connectivity index is 0.000000202. The highest BCUT2D eigenvalue weighted by Gasteiger charge is 2.38. The molecule has 1 amide bonds. The molecule has 44 heavy (non-hydrogen) atoms. The maximum atomic E-state index is 11.5. The lowest BCUT2D eigenvalue weighted by molar-refractivity contribution is 0.0718. The van der Waals surface area contributed by atoms with E-state index in [2.05, 4.69) is 51.3 Å². The molecule has 0 radical (unpaired) electrons. The minimum absolute atomic E-state index is 0.0263. The summed E-state index contributed by atoms with van der Waals surface area (Å²) >= 11 is 0. The number of carboxylic acid groups (broad SMARTS) is 1.